The van der Waals surface area contributed by atoms with Crippen molar-refractivity contribution in [3.8, 4) is 11.5 Å². The van der Waals surface area contributed by atoms with Crippen LogP contribution in [0.4, 0.5) is 11.4 Å². The molecule has 35 heavy (non-hydrogen) atoms. The summed E-state index contributed by atoms with van der Waals surface area (Å²) in [4.78, 5) is 29.5. The number of hydrogen-bond acceptors (Lipinski definition) is 5. The molecule has 0 atom stereocenters. The lowest BCUT2D eigenvalue weighted by atomic mass is 10.2. The molecule has 5 rings (SSSR count). The molecule has 0 aromatic heterocycles. The quantitative estimate of drug-likeness (QED) is 0.297. The molecule has 0 fully saturated rings. The van der Waals surface area contributed by atoms with E-state index in [0.717, 1.165) is 16.1 Å². The fraction of sp³-hybridized carbons (Fsp3) is 0.0345. The van der Waals surface area contributed by atoms with Gasteiger partial charge in [0.1, 0.15) is 22.1 Å². The monoisotopic (exact) mass is 478 g/mol. The molecule has 6 heteroatoms. The minimum atomic E-state index is -0.397. The first kappa shape index (κ1) is 22.5. The van der Waals surface area contributed by atoms with Crippen LogP contribution in [0.2, 0.25) is 0 Å². The van der Waals surface area contributed by atoms with Gasteiger partial charge in [0.05, 0.1) is 5.69 Å². The molecule has 4 aromatic carbocycles. The zero-order chi connectivity index (χ0) is 24.2. The molecule has 0 saturated carbocycles. The number of amides is 2. The molecule has 1 N–H and O–H groups in total. The van der Waals surface area contributed by atoms with Gasteiger partial charge in [0.15, 0.2) is 0 Å². The van der Waals surface area contributed by atoms with Crippen LogP contribution in [0.25, 0.3) is 0 Å². The third-order valence-corrected chi connectivity index (χ3v) is 6.46. The average Bonchev–Trinajstić information content (AvgIpc) is 3.10. The fourth-order valence-corrected chi connectivity index (χ4v) is 4.66. The SMILES string of the molecule is Cc1cccc(NC2=C(Sc3ccccc3)C(=O)N(c3ccc(Oc4ccccc4)cc3)C2=O)c1. The van der Waals surface area contributed by atoms with Crippen molar-refractivity contribution in [2.45, 2.75) is 11.8 Å². The van der Waals surface area contributed by atoms with E-state index in [9.17, 15) is 9.59 Å². The van der Waals surface area contributed by atoms with Crippen molar-refractivity contribution in [3.63, 3.8) is 0 Å². The lowest BCUT2D eigenvalue weighted by molar-refractivity contribution is -0.120. The molecule has 0 spiro atoms. The number of benzene rings is 4. The maximum atomic E-state index is 13.5. The molecule has 1 aliphatic heterocycles. The lowest BCUT2D eigenvalue weighted by Gasteiger charge is -2.16. The summed E-state index contributed by atoms with van der Waals surface area (Å²) in [5, 5.41) is 3.20. The van der Waals surface area contributed by atoms with Gasteiger partial charge in [-0.1, -0.05) is 60.3 Å². The van der Waals surface area contributed by atoms with E-state index in [-0.39, 0.29) is 11.6 Å². The molecule has 0 saturated heterocycles. The van der Waals surface area contributed by atoms with Crippen molar-refractivity contribution < 1.29 is 14.3 Å². The number of hydrogen-bond donors (Lipinski definition) is 1. The zero-order valence-electron chi connectivity index (χ0n) is 19.0. The second-order valence-corrected chi connectivity index (χ2v) is 9.05. The number of nitrogens with one attached hydrogen (secondary N) is 1. The van der Waals surface area contributed by atoms with Gasteiger partial charge in [0, 0.05) is 10.6 Å². The third-order valence-electron chi connectivity index (χ3n) is 5.37. The lowest BCUT2D eigenvalue weighted by Crippen LogP contribution is -2.32. The van der Waals surface area contributed by atoms with Crippen LogP contribution in [0.15, 0.2) is 125 Å². The number of carbonyl (C=O) groups excluding carboxylic acids is 2. The van der Waals surface area contributed by atoms with E-state index in [1.807, 2.05) is 91.9 Å². The van der Waals surface area contributed by atoms with Crippen LogP contribution in [0.3, 0.4) is 0 Å². The zero-order valence-corrected chi connectivity index (χ0v) is 19.8. The maximum absolute atomic E-state index is 13.5. The smallest absolute Gasteiger partial charge is 0.283 e. The minimum Gasteiger partial charge on any atom is -0.457 e. The molecular weight excluding hydrogens is 456 g/mol. The Labute approximate surface area is 208 Å². The second-order valence-electron chi connectivity index (χ2n) is 7.97. The van der Waals surface area contributed by atoms with Crippen LogP contribution in [0.5, 0.6) is 11.5 Å². The molecule has 0 aliphatic carbocycles. The van der Waals surface area contributed by atoms with E-state index in [0.29, 0.717) is 22.1 Å². The number of thioether (sulfide) groups is 1. The number of rotatable bonds is 7. The van der Waals surface area contributed by atoms with Crippen LogP contribution < -0.4 is 15.0 Å². The highest BCUT2D eigenvalue weighted by molar-refractivity contribution is 8.04. The molecule has 1 aliphatic rings. The Morgan fingerprint density at radius 3 is 2.06 bits per heavy atom. The predicted octanol–water partition coefficient (Wildman–Crippen LogP) is 6.78. The fourth-order valence-electron chi connectivity index (χ4n) is 3.71. The van der Waals surface area contributed by atoms with E-state index in [1.165, 1.54) is 16.7 Å². The maximum Gasteiger partial charge on any atom is 0.283 e. The van der Waals surface area contributed by atoms with Crippen molar-refractivity contribution in [2.24, 2.45) is 0 Å². The largest absolute Gasteiger partial charge is 0.457 e. The first-order valence-electron chi connectivity index (χ1n) is 11.1. The molecule has 5 nitrogen and oxygen atoms in total. The van der Waals surface area contributed by atoms with Gasteiger partial charge in [-0.3, -0.25) is 9.59 Å². The number of ether oxygens (including phenoxy) is 1. The summed E-state index contributed by atoms with van der Waals surface area (Å²) in [6.45, 7) is 1.98. The Hall–Kier alpha value is -4.29. The van der Waals surface area contributed by atoms with Gasteiger partial charge in [-0.25, -0.2) is 4.90 Å². The predicted molar refractivity (Wildman–Crippen MR) is 140 cm³/mol. The summed E-state index contributed by atoms with van der Waals surface area (Å²) < 4.78 is 5.85. The van der Waals surface area contributed by atoms with Gasteiger partial charge in [0.25, 0.3) is 11.8 Å². The van der Waals surface area contributed by atoms with Gasteiger partial charge in [-0.15, -0.1) is 0 Å². The van der Waals surface area contributed by atoms with Gasteiger partial charge < -0.3 is 10.1 Å². The molecule has 2 amide bonds. The topological polar surface area (TPSA) is 58.6 Å². The molecule has 0 unspecified atom stereocenters. The van der Waals surface area contributed by atoms with Gasteiger partial charge in [-0.05, 0) is 73.2 Å². The number of aryl methyl sites for hydroxylation is 1. The molecule has 172 valence electrons. The molecular formula is C29H22N2O3S. The summed E-state index contributed by atoms with van der Waals surface area (Å²) >= 11 is 1.28. The second kappa shape index (κ2) is 9.91. The van der Waals surface area contributed by atoms with Gasteiger partial charge in [0.2, 0.25) is 0 Å². The number of imide groups is 1. The van der Waals surface area contributed by atoms with Crippen LogP contribution in [0.1, 0.15) is 5.56 Å². The molecule has 4 aromatic rings. The number of nitrogens with zero attached hydrogens (tertiary/aromatic N) is 1. The normalized spacial score (nSPS) is 13.3. The summed E-state index contributed by atoms with van der Waals surface area (Å²) in [5.74, 6) is 0.563. The Morgan fingerprint density at radius 2 is 1.37 bits per heavy atom. The van der Waals surface area contributed by atoms with E-state index >= 15 is 0 Å². The molecule has 0 radical (unpaired) electrons. The number of carbonyl (C=O) groups is 2. The summed E-state index contributed by atoms with van der Waals surface area (Å²) in [6.07, 6.45) is 0. The highest BCUT2D eigenvalue weighted by Crippen LogP contribution is 2.38. The van der Waals surface area contributed by atoms with Crippen molar-refractivity contribution in [3.05, 3.63) is 125 Å². The van der Waals surface area contributed by atoms with Crippen molar-refractivity contribution >= 4 is 35.0 Å². The summed E-state index contributed by atoms with van der Waals surface area (Å²) in [5.41, 5.74) is 2.54. The Kier molecular flexibility index (Phi) is 6.37. The average molecular weight is 479 g/mol. The molecule has 1 heterocycles. The first-order chi connectivity index (χ1) is 17.1. The first-order valence-corrected chi connectivity index (χ1v) is 11.9. The van der Waals surface area contributed by atoms with Gasteiger partial charge in [-0.2, -0.15) is 0 Å². The summed E-state index contributed by atoms with van der Waals surface area (Å²) in [7, 11) is 0. The Balaban J connectivity index is 1.44. The van der Waals surface area contributed by atoms with Crippen LogP contribution >= 0.6 is 11.8 Å². The van der Waals surface area contributed by atoms with Crippen LogP contribution in [0, 0.1) is 6.92 Å². The van der Waals surface area contributed by atoms with E-state index in [1.54, 1.807) is 24.3 Å². The van der Waals surface area contributed by atoms with Crippen molar-refractivity contribution in [1.82, 2.24) is 0 Å². The van der Waals surface area contributed by atoms with E-state index < -0.39 is 5.91 Å². The number of anilines is 2. The van der Waals surface area contributed by atoms with Crippen LogP contribution in [-0.2, 0) is 9.59 Å². The minimum absolute atomic E-state index is 0.263. The van der Waals surface area contributed by atoms with E-state index in [4.69, 9.17) is 4.74 Å². The highest BCUT2D eigenvalue weighted by atomic mass is 32.2. The van der Waals surface area contributed by atoms with Crippen LogP contribution in [-0.4, -0.2) is 11.8 Å². The van der Waals surface area contributed by atoms with Gasteiger partial charge >= 0.3 is 0 Å². The summed E-state index contributed by atoms with van der Waals surface area (Å²) in [6, 6.07) is 33.6. The number of para-hydroxylation sites is 1. The Bertz CT molecular complexity index is 1400. The highest BCUT2D eigenvalue weighted by Gasteiger charge is 2.40. The van der Waals surface area contributed by atoms with Crippen molar-refractivity contribution in [2.75, 3.05) is 10.2 Å². The van der Waals surface area contributed by atoms with E-state index in [2.05, 4.69) is 5.32 Å². The Morgan fingerprint density at radius 1 is 0.714 bits per heavy atom. The standard InChI is InChI=1S/C29H22N2O3S/c1-20-9-8-10-21(19-20)30-26-27(35-25-13-6-3-7-14-25)29(33)31(28(26)32)22-15-17-24(18-16-22)34-23-11-4-2-5-12-23/h2-19,30H,1H3. The van der Waals surface area contributed by atoms with Crippen molar-refractivity contribution in [1.29, 1.82) is 0 Å². The third kappa shape index (κ3) is 4.98. The molecule has 0 bridgehead atoms.